The second-order valence-corrected chi connectivity index (χ2v) is 5.21. The van der Waals surface area contributed by atoms with Gasteiger partial charge in [0.05, 0.1) is 12.1 Å². The Hall–Kier alpha value is -1.40. The molecule has 0 amide bonds. The molecular weight excluding hydrogens is 248 g/mol. The third kappa shape index (κ3) is 2.54. The quantitative estimate of drug-likeness (QED) is 0.901. The van der Waals surface area contributed by atoms with Crippen LogP contribution in [0.5, 0.6) is 0 Å². The summed E-state index contributed by atoms with van der Waals surface area (Å²) in [6, 6.07) is 5.00. The maximum atomic E-state index is 5.66. The lowest BCUT2D eigenvalue weighted by molar-refractivity contribution is 0.428. The number of nitrogens with one attached hydrogen (secondary N) is 1. The molecule has 5 nitrogen and oxygen atoms in total. The number of hydrogen-bond donors (Lipinski definition) is 1. The summed E-state index contributed by atoms with van der Waals surface area (Å²) in [5.41, 5.74) is 0. The van der Waals surface area contributed by atoms with E-state index in [9.17, 15) is 0 Å². The molecule has 0 fully saturated rings. The van der Waals surface area contributed by atoms with Gasteiger partial charge in [-0.15, -0.1) is 16.4 Å². The molecule has 0 aliphatic rings. The fourth-order valence-electron chi connectivity index (χ4n) is 1.55. The highest BCUT2D eigenvalue weighted by molar-refractivity contribution is 7.10. The number of aromatic nitrogens is 2. The van der Waals surface area contributed by atoms with E-state index in [1.807, 2.05) is 32.0 Å². The maximum Gasteiger partial charge on any atom is 0.318 e. The first-order valence-electron chi connectivity index (χ1n) is 5.90. The van der Waals surface area contributed by atoms with Gasteiger partial charge in [0.1, 0.15) is 0 Å². The van der Waals surface area contributed by atoms with Crippen LogP contribution in [0, 0.1) is 0 Å². The van der Waals surface area contributed by atoms with Gasteiger partial charge in [-0.25, -0.2) is 0 Å². The van der Waals surface area contributed by atoms with E-state index in [0.29, 0.717) is 11.9 Å². The van der Waals surface area contributed by atoms with Crippen molar-refractivity contribution < 1.29 is 4.42 Å². The molecule has 18 heavy (non-hydrogen) atoms. The molecule has 0 aliphatic heterocycles. The van der Waals surface area contributed by atoms with E-state index < -0.39 is 0 Å². The molecule has 2 unspecified atom stereocenters. The Morgan fingerprint density at radius 2 is 2.17 bits per heavy atom. The van der Waals surface area contributed by atoms with E-state index in [1.54, 1.807) is 11.3 Å². The summed E-state index contributed by atoms with van der Waals surface area (Å²) in [5, 5.41) is 13.3. The summed E-state index contributed by atoms with van der Waals surface area (Å²) < 4.78 is 5.66. The second kappa shape index (κ2) is 5.49. The van der Waals surface area contributed by atoms with Gasteiger partial charge >= 0.3 is 6.01 Å². The van der Waals surface area contributed by atoms with Crippen LogP contribution < -0.4 is 10.2 Å². The van der Waals surface area contributed by atoms with Crippen molar-refractivity contribution in [2.75, 3.05) is 19.0 Å². The maximum absolute atomic E-state index is 5.66. The standard InChI is InChI=1S/C12H18N4OS/c1-8(13-3)11-14-15-12(17-11)16(4)9(2)10-6-5-7-18-10/h5-9,13H,1-4H3. The average Bonchev–Trinajstić information content (AvgIpc) is 3.06. The fraction of sp³-hybridized carbons (Fsp3) is 0.500. The lowest BCUT2D eigenvalue weighted by Gasteiger charge is -2.21. The summed E-state index contributed by atoms with van der Waals surface area (Å²) in [4.78, 5) is 3.27. The van der Waals surface area contributed by atoms with Gasteiger partial charge in [-0.3, -0.25) is 0 Å². The van der Waals surface area contributed by atoms with Gasteiger partial charge in [0.25, 0.3) is 0 Å². The zero-order chi connectivity index (χ0) is 13.1. The Bertz CT molecular complexity index is 482. The van der Waals surface area contributed by atoms with Crippen molar-refractivity contribution in [1.82, 2.24) is 15.5 Å². The number of anilines is 1. The molecule has 0 bridgehead atoms. The highest BCUT2D eigenvalue weighted by atomic mass is 32.1. The van der Waals surface area contributed by atoms with E-state index in [1.165, 1.54) is 4.88 Å². The zero-order valence-corrected chi connectivity index (χ0v) is 11.9. The summed E-state index contributed by atoms with van der Waals surface area (Å²) in [6.45, 7) is 4.11. The van der Waals surface area contributed by atoms with Gasteiger partial charge in [-0.2, -0.15) is 0 Å². The van der Waals surface area contributed by atoms with Crippen molar-refractivity contribution in [3.8, 4) is 0 Å². The summed E-state index contributed by atoms with van der Waals surface area (Å²) in [6.07, 6.45) is 0. The Morgan fingerprint density at radius 3 is 2.78 bits per heavy atom. The molecule has 1 N–H and O–H groups in total. The lowest BCUT2D eigenvalue weighted by atomic mass is 10.2. The van der Waals surface area contributed by atoms with Crippen LogP contribution in [0.15, 0.2) is 21.9 Å². The van der Waals surface area contributed by atoms with E-state index in [-0.39, 0.29) is 12.1 Å². The van der Waals surface area contributed by atoms with Crippen molar-refractivity contribution in [1.29, 1.82) is 0 Å². The predicted octanol–water partition coefficient (Wildman–Crippen LogP) is 2.61. The Balaban J connectivity index is 2.13. The highest BCUT2D eigenvalue weighted by Gasteiger charge is 2.20. The molecule has 6 heteroatoms. The van der Waals surface area contributed by atoms with Gasteiger partial charge < -0.3 is 14.6 Å². The Labute approximate surface area is 111 Å². The predicted molar refractivity (Wildman–Crippen MR) is 72.9 cm³/mol. The first-order valence-corrected chi connectivity index (χ1v) is 6.78. The highest BCUT2D eigenvalue weighted by Crippen LogP contribution is 2.27. The van der Waals surface area contributed by atoms with Crippen molar-refractivity contribution in [3.05, 3.63) is 28.3 Å². The number of thiophene rings is 1. The van der Waals surface area contributed by atoms with Crippen LogP contribution in [-0.2, 0) is 0 Å². The molecule has 0 aliphatic carbocycles. The molecule has 2 aromatic heterocycles. The average molecular weight is 266 g/mol. The van der Waals surface area contributed by atoms with Crippen LogP contribution in [0.4, 0.5) is 6.01 Å². The molecule has 0 radical (unpaired) electrons. The van der Waals surface area contributed by atoms with Crippen molar-refractivity contribution in [3.63, 3.8) is 0 Å². The van der Waals surface area contributed by atoms with Gasteiger partial charge in [0.15, 0.2) is 0 Å². The third-order valence-corrected chi connectivity index (χ3v) is 4.11. The van der Waals surface area contributed by atoms with E-state index >= 15 is 0 Å². The molecule has 2 heterocycles. The minimum Gasteiger partial charge on any atom is -0.406 e. The van der Waals surface area contributed by atoms with Gasteiger partial charge in [-0.05, 0) is 32.3 Å². The van der Waals surface area contributed by atoms with Crippen molar-refractivity contribution in [2.45, 2.75) is 25.9 Å². The summed E-state index contributed by atoms with van der Waals surface area (Å²) in [7, 11) is 3.83. The first kappa shape index (κ1) is 13.0. The van der Waals surface area contributed by atoms with E-state index in [0.717, 1.165) is 0 Å². The molecule has 0 aromatic carbocycles. The van der Waals surface area contributed by atoms with Crippen molar-refractivity contribution in [2.24, 2.45) is 0 Å². The molecule has 98 valence electrons. The Kier molecular flexibility index (Phi) is 3.98. The monoisotopic (exact) mass is 266 g/mol. The normalized spacial score (nSPS) is 14.4. The number of hydrogen-bond acceptors (Lipinski definition) is 6. The SMILES string of the molecule is CNC(C)c1nnc(N(C)C(C)c2cccs2)o1. The molecule has 2 rings (SSSR count). The molecule has 0 saturated heterocycles. The zero-order valence-electron chi connectivity index (χ0n) is 11.0. The lowest BCUT2D eigenvalue weighted by Crippen LogP contribution is -2.21. The van der Waals surface area contributed by atoms with Crippen LogP contribution in [0.1, 0.15) is 36.7 Å². The van der Waals surface area contributed by atoms with Gasteiger partial charge in [-0.1, -0.05) is 11.2 Å². The van der Waals surface area contributed by atoms with Gasteiger partial charge in [0.2, 0.25) is 5.89 Å². The van der Waals surface area contributed by atoms with Gasteiger partial charge in [0, 0.05) is 11.9 Å². The summed E-state index contributed by atoms with van der Waals surface area (Å²) in [5.74, 6) is 0.609. The molecule has 0 saturated carbocycles. The van der Waals surface area contributed by atoms with E-state index in [2.05, 4.69) is 33.9 Å². The van der Waals surface area contributed by atoms with Crippen LogP contribution >= 0.6 is 11.3 Å². The molecule has 2 aromatic rings. The van der Waals surface area contributed by atoms with Crippen LogP contribution in [-0.4, -0.2) is 24.3 Å². The molecular formula is C12H18N4OS. The van der Waals surface area contributed by atoms with Crippen LogP contribution in [0.3, 0.4) is 0 Å². The number of nitrogens with zero attached hydrogens (tertiary/aromatic N) is 3. The largest absolute Gasteiger partial charge is 0.406 e. The fourth-order valence-corrected chi connectivity index (χ4v) is 2.38. The topological polar surface area (TPSA) is 54.2 Å². The third-order valence-electron chi connectivity index (χ3n) is 3.07. The summed E-state index contributed by atoms with van der Waals surface area (Å²) >= 11 is 1.73. The van der Waals surface area contributed by atoms with Crippen molar-refractivity contribution >= 4 is 17.4 Å². The molecule has 0 spiro atoms. The van der Waals surface area contributed by atoms with Crippen LogP contribution in [0.25, 0.3) is 0 Å². The smallest absolute Gasteiger partial charge is 0.318 e. The number of rotatable bonds is 5. The minimum absolute atomic E-state index is 0.0664. The van der Waals surface area contributed by atoms with Crippen LogP contribution in [0.2, 0.25) is 0 Å². The second-order valence-electron chi connectivity index (χ2n) is 4.24. The first-order chi connectivity index (χ1) is 8.63. The Morgan fingerprint density at radius 1 is 1.39 bits per heavy atom. The minimum atomic E-state index is 0.0664. The molecule has 2 atom stereocenters. The van der Waals surface area contributed by atoms with E-state index in [4.69, 9.17) is 4.42 Å².